The summed E-state index contributed by atoms with van der Waals surface area (Å²) >= 11 is 1.66. The molecule has 1 aromatic carbocycles. The minimum absolute atomic E-state index is 0.143. The van der Waals surface area contributed by atoms with Crippen LogP contribution in [0.15, 0.2) is 23.1 Å². The normalized spacial score (nSPS) is 24.7. The molecule has 1 aromatic rings. The standard InChI is InChI=1S/C11H12O2S/c1-6-3-4-8-9(5-6)14-7(2)10(8)11(12)13/h3-5,7,10H,1-2H3,(H,12,13). The fourth-order valence-corrected chi connectivity index (χ4v) is 3.24. The highest BCUT2D eigenvalue weighted by Gasteiger charge is 2.35. The van der Waals surface area contributed by atoms with Crippen LogP contribution in [0.1, 0.15) is 24.0 Å². The Bertz CT molecular complexity index is 387. The van der Waals surface area contributed by atoms with Crippen molar-refractivity contribution < 1.29 is 9.90 Å². The molecule has 0 saturated heterocycles. The molecular formula is C11H12O2S. The summed E-state index contributed by atoms with van der Waals surface area (Å²) in [6.45, 7) is 4.00. The van der Waals surface area contributed by atoms with Crippen molar-refractivity contribution in [2.45, 2.75) is 29.9 Å². The van der Waals surface area contributed by atoms with Crippen LogP contribution in [0.4, 0.5) is 0 Å². The van der Waals surface area contributed by atoms with E-state index in [1.807, 2.05) is 26.0 Å². The highest BCUT2D eigenvalue weighted by molar-refractivity contribution is 8.00. The van der Waals surface area contributed by atoms with Gasteiger partial charge in [-0.1, -0.05) is 19.1 Å². The van der Waals surface area contributed by atoms with Crippen molar-refractivity contribution in [1.29, 1.82) is 0 Å². The quantitative estimate of drug-likeness (QED) is 0.771. The molecule has 74 valence electrons. The molecule has 0 spiro atoms. The molecule has 2 nitrogen and oxygen atoms in total. The lowest BCUT2D eigenvalue weighted by Gasteiger charge is -2.09. The van der Waals surface area contributed by atoms with Crippen LogP contribution in [-0.4, -0.2) is 16.3 Å². The Morgan fingerprint density at radius 3 is 2.86 bits per heavy atom. The minimum atomic E-state index is -0.715. The second-order valence-corrected chi connectivity index (χ2v) is 5.10. The minimum Gasteiger partial charge on any atom is -0.481 e. The first-order chi connectivity index (χ1) is 6.59. The average Bonchev–Trinajstić information content (AvgIpc) is 2.39. The summed E-state index contributed by atoms with van der Waals surface area (Å²) in [7, 11) is 0. The first-order valence-electron chi connectivity index (χ1n) is 4.59. The molecule has 2 rings (SSSR count). The van der Waals surface area contributed by atoms with E-state index in [-0.39, 0.29) is 11.2 Å². The lowest BCUT2D eigenvalue weighted by Crippen LogP contribution is -2.16. The van der Waals surface area contributed by atoms with E-state index in [1.165, 1.54) is 5.56 Å². The monoisotopic (exact) mass is 208 g/mol. The molecule has 14 heavy (non-hydrogen) atoms. The van der Waals surface area contributed by atoms with Crippen LogP contribution in [-0.2, 0) is 4.79 Å². The molecule has 1 heterocycles. The van der Waals surface area contributed by atoms with E-state index in [0.717, 1.165) is 10.5 Å². The van der Waals surface area contributed by atoms with Crippen molar-refractivity contribution >= 4 is 17.7 Å². The molecule has 1 aliphatic rings. The maximum absolute atomic E-state index is 11.0. The van der Waals surface area contributed by atoms with E-state index in [1.54, 1.807) is 11.8 Å². The molecule has 1 N–H and O–H groups in total. The van der Waals surface area contributed by atoms with Crippen molar-refractivity contribution in [1.82, 2.24) is 0 Å². The summed E-state index contributed by atoms with van der Waals surface area (Å²) in [6.07, 6.45) is 0. The van der Waals surface area contributed by atoms with Crippen LogP contribution in [0.2, 0.25) is 0 Å². The third-order valence-corrected chi connectivity index (χ3v) is 3.80. The fraction of sp³-hybridized carbons (Fsp3) is 0.364. The number of carboxylic acid groups (broad SMARTS) is 1. The maximum atomic E-state index is 11.0. The van der Waals surface area contributed by atoms with Crippen molar-refractivity contribution in [3.63, 3.8) is 0 Å². The third kappa shape index (κ3) is 1.42. The summed E-state index contributed by atoms with van der Waals surface area (Å²) in [5, 5.41) is 9.23. The number of aliphatic carboxylic acids is 1. The highest BCUT2D eigenvalue weighted by atomic mass is 32.2. The fourth-order valence-electron chi connectivity index (χ4n) is 1.86. The Balaban J connectivity index is 2.48. The Morgan fingerprint density at radius 1 is 1.50 bits per heavy atom. The van der Waals surface area contributed by atoms with Gasteiger partial charge in [0, 0.05) is 10.1 Å². The number of hydrogen-bond acceptors (Lipinski definition) is 2. The molecule has 3 heteroatoms. The Kier molecular flexibility index (Phi) is 2.27. The van der Waals surface area contributed by atoms with Gasteiger partial charge in [-0.3, -0.25) is 4.79 Å². The van der Waals surface area contributed by atoms with Crippen molar-refractivity contribution in [3.05, 3.63) is 29.3 Å². The van der Waals surface area contributed by atoms with Gasteiger partial charge in [0.1, 0.15) is 0 Å². The SMILES string of the molecule is Cc1ccc2c(c1)SC(C)C2C(=O)O. The van der Waals surface area contributed by atoms with Crippen LogP contribution in [0.3, 0.4) is 0 Å². The maximum Gasteiger partial charge on any atom is 0.312 e. The number of rotatable bonds is 1. The first-order valence-corrected chi connectivity index (χ1v) is 5.47. The van der Waals surface area contributed by atoms with Gasteiger partial charge >= 0.3 is 5.97 Å². The topological polar surface area (TPSA) is 37.3 Å². The number of benzene rings is 1. The molecule has 0 bridgehead atoms. The molecule has 0 fully saturated rings. The summed E-state index contributed by atoms with van der Waals surface area (Å²) in [4.78, 5) is 12.2. The molecule has 1 aliphatic heterocycles. The average molecular weight is 208 g/mol. The van der Waals surface area contributed by atoms with Crippen molar-refractivity contribution in [2.24, 2.45) is 0 Å². The van der Waals surface area contributed by atoms with E-state index in [4.69, 9.17) is 5.11 Å². The van der Waals surface area contributed by atoms with E-state index in [2.05, 4.69) is 6.07 Å². The van der Waals surface area contributed by atoms with Gasteiger partial charge in [0.2, 0.25) is 0 Å². The summed E-state index contributed by atoms with van der Waals surface area (Å²) in [5.74, 6) is -1.05. The lowest BCUT2D eigenvalue weighted by molar-refractivity contribution is -0.138. The number of fused-ring (bicyclic) bond motifs is 1. The van der Waals surface area contributed by atoms with Crippen LogP contribution in [0.5, 0.6) is 0 Å². The van der Waals surface area contributed by atoms with Gasteiger partial charge in [0.15, 0.2) is 0 Å². The van der Waals surface area contributed by atoms with Gasteiger partial charge in [0.25, 0.3) is 0 Å². The van der Waals surface area contributed by atoms with E-state index in [0.29, 0.717) is 0 Å². The van der Waals surface area contributed by atoms with E-state index < -0.39 is 5.97 Å². The van der Waals surface area contributed by atoms with E-state index in [9.17, 15) is 4.79 Å². The molecule has 0 radical (unpaired) electrons. The number of hydrogen-bond donors (Lipinski definition) is 1. The lowest BCUT2D eigenvalue weighted by atomic mass is 9.96. The molecule has 0 aromatic heterocycles. The predicted molar refractivity (Wildman–Crippen MR) is 56.9 cm³/mol. The van der Waals surface area contributed by atoms with Gasteiger partial charge in [-0.25, -0.2) is 0 Å². The zero-order valence-electron chi connectivity index (χ0n) is 8.15. The second-order valence-electron chi connectivity index (χ2n) is 3.68. The molecule has 0 aliphatic carbocycles. The summed E-state index contributed by atoms with van der Waals surface area (Å²) in [5.41, 5.74) is 2.16. The van der Waals surface area contributed by atoms with Crippen LogP contribution >= 0.6 is 11.8 Å². The van der Waals surface area contributed by atoms with Crippen LogP contribution in [0.25, 0.3) is 0 Å². The molecule has 2 atom stereocenters. The van der Waals surface area contributed by atoms with Gasteiger partial charge in [-0.05, 0) is 24.1 Å². The van der Waals surface area contributed by atoms with Gasteiger partial charge in [-0.2, -0.15) is 0 Å². The number of aryl methyl sites for hydroxylation is 1. The number of carboxylic acids is 1. The Labute approximate surface area is 87.3 Å². The van der Waals surface area contributed by atoms with Gasteiger partial charge in [0.05, 0.1) is 5.92 Å². The van der Waals surface area contributed by atoms with Crippen molar-refractivity contribution in [2.75, 3.05) is 0 Å². The van der Waals surface area contributed by atoms with E-state index >= 15 is 0 Å². The number of carbonyl (C=O) groups is 1. The summed E-state index contributed by atoms with van der Waals surface area (Å²) in [6, 6.07) is 5.99. The summed E-state index contributed by atoms with van der Waals surface area (Å²) < 4.78 is 0. The largest absolute Gasteiger partial charge is 0.481 e. The number of thioether (sulfide) groups is 1. The smallest absolute Gasteiger partial charge is 0.312 e. The highest BCUT2D eigenvalue weighted by Crippen LogP contribution is 2.45. The molecule has 2 unspecified atom stereocenters. The molecule has 0 amide bonds. The van der Waals surface area contributed by atoms with Gasteiger partial charge < -0.3 is 5.11 Å². The first kappa shape index (κ1) is 9.59. The molecular weight excluding hydrogens is 196 g/mol. The van der Waals surface area contributed by atoms with Crippen LogP contribution < -0.4 is 0 Å². The second kappa shape index (κ2) is 3.31. The zero-order chi connectivity index (χ0) is 10.3. The Hall–Kier alpha value is -0.960. The third-order valence-electron chi connectivity index (χ3n) is 2.55. The Morgan fingerprint density at radius 2 is 2.21 bits per heavy atom. The van der Waals surface area contributed by atoms with Crippen molar-refractivity contribution in [3.8, 4) is 0 Å². The predicted octanol–water partition coefficient (Wildman–Crippen LogP) is 2.66. The molecule has 0 saturated carbocycles. The van der Waals surface area contributed by atoms with Crippen LogP contribution in [0, 0.1) is 6.92 Å². The zero-order valence-corrected chi connectivity index (χ0v) is 8.97. The van der Waals surface area contributed by atoms with Gasteiger partial charge in [-0.15, -0.1) is 11.8 Å².